The summed E-state index contributed by atoms with van der Waals surface area (Å²) in [5, 5.41) is 10.5. The Kier molecular flexibility index (Phi) is 3.67. The number of aliphatic hydroxyl groups is 1. The van der Waals surface area contributed by atoms with Gasteiger partial charge >= 0.3 is 5.97 Å². The van der Waals surface area contributed by atoms with Crippen LogP contribution in [0, 0.1) is 11.8 Å². The van der Waals surface area contributed by atoms with Gasteiger partial charge in [-0.15, -0.1) is 6.58 Å². The predicted molar refractivity (Wildman–Crippen MR) is 85.4 cm³/mol. The second kappa shape index (κ2) is 5.27. The first-order valence-corrected chi connectivity index (χ1v) is 8.79. The Morgan fingerprint density at radius 1 is 1.20 bits per heavy atom. The molecule has 140 valence electrons. The maximum Gasteiger partial charge on any atom is 0.335 e. The highest BCUT2D eigenvalue weighted by Crippen LogP contribution is 2.56. The number of rotatable bonds is 2. The average Bonchev–Trinajstić information content (AvgIpc) is 2.99. The van der Waals surface area contributed by atoms with E-state index in [-0.39, 0.29) is 12.5 Å². The zero-order valence-electron chi connectivity index (χ0n) is 15.1. The van der Waals surface area contributed by atoms with Gasteiger partial charge in [-0.25, -0.2) is 4.79 Å². The van der Waals surface area contributed by atoms with E-state index in [1.54, 1.807) is 6.08 Å². The summed E-state index contributed by atoms with van der Waals surface area (Å²) in [4.78, 5) is 12.3. The molecular weight excluding hydrogens is 328 g/mol. The molecule has 0 unspecified atom stereocenters. The Labute approximate surface area is 147 Å². The summed E-state index contributed by atoms with van der Waals surface area (Å²) in [7, 11) is 0. The Balaban J connectivity index is 1.84. The van der Waals surface area contributed by atoms with E-state index >= 15 is 0 Å². The topological polar surface area (TPSA) is 83.5 Å². The number of hydrogen-bond donors (Lipinski definition) is 1. The lowest BCUT2D eigenvalue weighted by Crippen LogP contribution is -2.73. The van der Waals surface area contributed by atoms with Gasteiger partial charge in [0.2, 0.25) is 0 Å². The minimum absolute atomic E-state index is 0.179. The summed E-state index contributed by atoms with van der Waals surface area (Å²) in [6.45, 7) is 11.3. The molecule has 3 aliphatic heterocycles. The summed E-state index contributed by atoms with van der Waals surface area (Å²) < 4.78 is 30.1. The van der Waals surface area contributed by atoms with Crippen LogP contribution >= 0.6 is 0 Å². The van der Waals surface area contributed by atoms with Crippen molar-refractivity contribution in [2.24, 2.45) is 11.8 Å². The molecule has 0 aromatic heterocycles. The molecule has 1 N–H and O–H groups in total. The molecule has 3 heterocycles. The van der Waals surface area contributed by atoms with Gasteiger partial charge in [0.05, 0.1) is 12.7 Å². The van der Waals surface area contributed by atoms with Crippen LogP contribution in [-0.4, -0.2) is 59.3 Å². The third-order valence-electron chi connectivity index (χ3n) is 5.72. The van der Waals surface area contributed by atoms with Crippen LogP contribution in [0.15, 0.2) is 12.7 Å². The molecule has 4 fully saturated rings. The number of allylic oxidation sites excluding steroid dienone is 1. The van der Waals surface area contributed by atoms with E-state index in [2.05, 4.69) is 6.58 Å². The third-order valence-corrected chi connectivity index (χ3v) is 5.72. The lowest BCUT2D eigenvalue weighted by atomic mass is 9.62. The maximum absolute atomic E-state index is 12.3. The molecular formula is C18H26O7. The average molecular weight is 354 g/mol. The van der Waals surface area contributed by atoms with E-state index < -0.39 is 53.5 Å². The van der Waals surface area contributed by atoms with Crippen molar-refractivity contribution >= 4 is 5.97 Å². The molecule has 0 aromatic carbocycles. The lowest BCUT2D eigenvalue weighted by Gasteiger charge is -2.55. The SMILES string of the molecule is C=CC[C@@H]1[C@H]2[C@@H]3OC(C)(C)O[C@@H]3[C@]3(COC(C)(C)O3)[C@@H]1OC(=O)[C@H]2O. The number of hydrogen-bond acceptors (Lipinski definition) is 7. The van der Waals surface area contributed by atoms with Gasteiger partial charge in [0.15, 0.2) is 23.3 Å². The highest BCUT2D eigenvalue weighted by Gasteiger charge is 2.73. The third kappa shape index (κ3) is 2.40. The van der Waals surface area contributed by atoms with Crippen molar-refractivity contribution in [3.8, 4) is 0 Å². The highest BCUT2D eigenvalue weighted by atomic mass is 16.8. The molecule has 0 radical (unpaired) electrons. The van der Waals surface area contributed by atoms with Crippen molar-refractivity contribution in [2.45, 2.75) is 75.7 Å². The first-order valence-electron chi connectivity index (χ1n) is 8.79. The fraction of sp³-hybridized carbons (Fsp3) is 0.833. The van der Waals surface area contributed by atoms with Crippen molar-refractivity contribution in [2.75, 3.05) is 6.61 Å². The molecule has 4 aliphatic rings. The van der Waals surface area contributed by atoms with E-state index in [1.807, 2.05) is 27.7 Å². The summed E-state index contributed by atoms with van der Waals surface area (Å²) in [6, 6.07) is 0. The van der Waals surface area contributed by atoms with Crippen molar-refractivity contribution in [1.29, 1.82) is 0 Å². The van der Waals surface area contributed by atoms with Crippen LogP contribution in [0.3, 0.4) is 0 Å². The molecule has 0 aromatic rings. The van der Waals surface area contributed by atoms with E-state index in [0.717, 1.165) is 0 Å². The molecule has 3 saturated heterocycles. The molecule has 1 aliphatic carbocycles. The Bertz CT molecular complexity index is 600. The van der Waals surface area contributed by atoms with Crippen LogP contribution in [0.5, 0.6) is 0 Å². The summed E-state index contributed by atoms with van der Waals surface area (Å²) >= 11 is 0. The van der Waals surface area contributed by atoms with Crippen molar-refractivity contribution < 1.29 is 33.6 Å². The normalized spacial score (nSPS) is 49.7. The second-order valence-electron chi connectivity index (χ2n) is 8.33. The molecule has 0 amide bonds. The zero-order valence-corrected chi connectivity index (χ0v) is 15.1. The number of ether oxygens (including phenoxy) is 5. The minimum atomic E-state index is -1.25. The minimum Gasteiger partial charge on any atom is -0.457 e. The summed E-state index contributed by atoms with van der Waals surface area (Å²) in [5.74, 6) is -2.93. The van der Waals surface area contributed by atoms with E-state index in [4.69, 9.17) is 23.7 Å². The van der Waals surface area contributed by atoms with Crippen LogP contribution in [0.1, 0.15) is 34.1 Å². The fourth-order valence-corrected chi connectivity index (χ4v) is 4.93. The van der Waals surface area contributed by atoms with Crippen LogP contribution in [0.25, 0.3) is 0 Å². The van der Waals surface area contributed by atoms with E-state index in [1.165, 1.54) is 0 Å². The van der Waals surface area contributed by atoms with Gasteiger partial charge in [0.1, 0.15) is 12.2 Å². The van der Waals surface area contributed by atoms with Crippen LogP contribution in [0.4, 0.5) is 0 Å². The van der Waals surface area contributed by atoms with Gasteiger partial charge in [0, 0.05) is 11.8 Å². The Morgan fingerprint density at radius 2 is 1.92 bits per heavy atom. The summed E-state index contributed by atoms with van der Waals surface area (Å²) in [6.07, 6.45) is -0.490. The van der Waals surface area contributed by atoms with Gasteiger partial charge in [-0.3, -0.25) is 0 Å². The van der Waals surface area contributed by atoms with E-state index in [0.29, 0.717) is 6.42 Å². The molecule has 2 bridgehead atoms. The van der Waals surface area contributed by atoms with Gasteiger partial charge in [-0.2, -0.15) is 0 Å². The lowest BCUT2D eigenvalue weighted by molar-refractivity contribution is -0.279. The molecule has 25 heavy (non-hydrogen) atoms. The number of carbonyl (C=O) groups excluding carboxylic acids is 1. The number of aliphatic hydroxyl groups excluding tert-OH is 1. The molecule has 4 rings (SSSR count). The number of fused-ring (bicyclic) bond motifs is 6. The smallest absolute Gasteiger partial charge is 0.335 e. The maximum atomic E-state index is 12.3. The Morgan fingerprint density at radius 3 is 2.52 bits per heavy atom. The second-order valence-corrected chi connectivity index (χ2v) is 8.33. The molecule has 7 nitrogen and oxygen atoms in total. The molecule has 7 atom stereocenters. The molecule has 7 heteroatoms. The van der Waals surface area contributed by atoms with Crippen LogP contribution in [-0.2, 0) is 28.5 Å². The quantitative estimate of drug-likeness (QED) is 0.588. The Hall–Kier alpha value is -0.990. The number of carbonyl (C=O) groups is 1. The van der Waals surface area contributed by atoms with Gasteiger partial charge in [0.25, 0.3) is 0 Å². The molecule has 1 saturated carbocycles. The summed E-state index contributed by atoms with van der Waals surface area (Å²) in [5.41, 5.74) is -0.970. The van der Waals surface area contributed by atoms with Crippen LogP contribution in [0.2, 0.25) is 0 Å². The van der Waals surface area contributed by atoms with Crippen molar-refractivity contribution in [3.05, 3.63) is 12.7 Å². The molecule has 1 spiro atoms. The largest absolute Gasteiger partial charge is 0.457 e. The predicted octanol–water partition coefficient (Wildman–Crippen LogP) is 1.14. The van der Waals surface area contributed by atoms with E-state index in [9.17, 15) is 9.90 Å². The highest BCUT2D eigenvalue weighted by molar-refractivity contribution is 5.76. The van der Waals surface area contributed by atoms with Crippen LogP contribution < -0.4 is 0 Å². The van der Waals surface area contributed by atoms with Gasteiger partial charge in [-0.05, 0) is 34.1 Å². The van der Waals surface area contributed by atoms with Crippen molar-refractivity contribution in [1.82, 2.24) is 0 Å². The van der Waals surface area contributed by atoms with Crippen molar-refractivity contribution in [3.63, 3.8) is 0 Å². The van der Waals surface area contributed by atoms with Gasteiger partial charge < -0.3 is 28.8 Å². The van der Waals surface area contributed by atoms with Gasteiger partial charge in [-0.1, -0.05) is 6.08 Å². The first kappa shape index (κ1) is 17.4. The first-order chi connectivity index (χ1) is 11.6. The number of esters is 1. The standard InChI is InChI=1S/C18H26O7/c1-6-7-9-10-11(19)15(20)22-13(9)18(8-21-16(2,3)25-18)14-12(10)23-17(4,5)24-14/h6,9-14,19H,1,7-8H2,2-5H3/t9-,10-,11+,12+,13-,14+,18+/m1/s1. The monoisotopic (exact) mass is 354 g/mol. The zero-order chi connectivity index (χ0) is 18.2. The fourth-order valence-electron chi connectivity index (χ4n) is 4.93.